The summed E-state index contributed by atoms with van der Waals surface area (Å²) in [6.45, 7) is 3.77. The Bertz CT molecular complexity index is 923. The van der Waals surface area contributed by atoms with Gasteiger partial charge in [0.05, 0.1) is 0 Å². The molecule has 0 heterocycles. The molecule has 2 rings (SSSR count). The van der Waals surface area contributed by atoms with Gasteiger partial charge in [0.15, 0.2) is 0 Å². The van der Waals surface area contributed by atoms with Crippen molar-refractivity contribution < 1.29 is 29.4 Å². The highest BCUT2D eigenvalue weighted by Gasteiger charge is 2.34. The quantitative estimate of drug-likeness (QED) is 0.289. The van der Waals surface area contributed by atoms with Crippen LogP contribution in [0.15, 0.2) is 66.7 Å². The Morgan fingerprint density at radius 1 is 1.06 bits per heavy atom. The van der Waals surface area contributed by atoms with Gasteiger partial charge in [-0.05, 0) is 42.7 Å². The van der Waals surface area contributed by atoms with Crippen LogP contribution in [-0.2, 0) is 9.53 Å². The molecule has 0 unspecified atom stereocenters. The van der Waals surface area contributed by atoms with Gasteiger partial charge in [-0.25, -0.2) is 10.3 Å². The van der Waals surface area contributed by atoms with Gasteiger partial charge in [-0.3, -0.25) is 20.1 Å². The van der Waals surface area contributed by atoms with Crippen LogP contribution in [0, 0.1) is 5.41 Å². The van der Waals surface area contributed by atoms with Crippen LogP contribution in [0.2, 0.25) is 0 Å². The molecular formula is C23H26N2O6. The third-order valence-corrected chi connectivity index (χ3v) is 4.72. The molecule has 4 N–H and O–H groups in total. The van der Waals surface area contributed by atoms with E-state index in [-0.39, 0.29) is 5.75 Å². The zero-order valence-corrected chi connectivity index (χ0v) is 17.4. The number of phenols is 1. The number of hydrogen-bond acceptors (Lipinski definition) is 6. The highest BCUT2D eigenvalue weighted by molar-refractivity contribution is 6.02. The second-order valence-electron chi connectivity index (χ2n) is 7.60. The van der Waals surface area contributed by atoms with Crippen LogP contribution >= 0.6 is 0 Å². The minimum Gasteiger partial charge on any atom is -0.508 e. The fourth-order valence-corrected chi connectivity index (χ4v) is 3.03. The monoisotopic (exact) mass is 426 g/mol. The Kier molecular flexibility index (Phi) is 8.33. The molecule has 31 heavy (non-hydrogen) atoms. The molecule has 0 bridgehead atoms. The summed E-state index contributed by atoms with van der Waals surface area (Å²) in [4.78, 5) is 35.8. The van der Waals surface area contributed by atoms with Gasteiger partial charge in [-0.15, -0.1) is 0 Å². The summed E-state index contributed by atoms with van der Waals surface area (Å²) in [5.41, 5.74) is 1.89. The normalized spacial score (nSPS) is 12.2. The first-order valence-corrected chi connectivity index (χ1v) is 9.69. The smallest absolute Gasteiger partial charge is 0.414 e. The number of carbonyl (C=O) groups excluding carboxylic acids is 3. The number of amides is 3. The van der Waals surface area contributed by atoms with Gasteiger partial charge in [-0.2, -0.15) is 0 Å². The summed E-state index contributed by atoms with van der Waals surface area (Å²) in [5.74, 6) is -1.14. The van der Waals surface area contributed by atoms with E-state index >= 15 is 0 Å². The molecule has 8 heteroatoms. The molecule has 0 aliphatic rings. The lowest BCUT2D eigenvalue weighted by atomic mass is 9.78. The minimum absolute atomic E-state index is 0.0713. The average Bonchev–Trinajstić information content (AvgIpc) is 2.76. The van der Waals surface area contributed by atoms with Crippen molar-refractivity contribution in [2.45, 2.75) is 32.8 Å². The minimum atomic E-state index is -0.893. The Morgan fingerprint density at radius 2 is 1.71 bits per heavy atom. The first kappa shape index (κ1) is 23.6. The van der Waals surface area contributed by atoms with Crippen LogP contribution in [0.25, 0.3) is 0 Å². The molecule has 164 valence electrons. The summed E-state index contributed by atoms with van der Waals surface area (Å²) < 4.78 is 5.64. The molecule has 8 nitrogen and oxygen atoms in total. The molecule has 3 amide bonds. The largest absolute Gasteiger partial charge is 0.508 e. The van der Waals surface area contributed by atoms with Gasteiger partial charge in [-0.1, -0.05) is 50.3 Å². The van der Waals surface area contributed by atoms with Gasteiger partial charge in [0.2, 0.25) is 0 Å². The molecule has 0 radical (unpaired) electrons. The van der Waals surface area contributed by atoms with Crippen LogP contribution in [0.5, 0.6) is 5.75 Å². The molecule has 2 aromatic carbocycles. The Balaban J connectivity index is 2.15. The van der Waals surface area contributed by atoms with E-state index in [1.165, 1.54) is 23.7 Å². The number of phenolic OH excluding ortho intramolecular Hbond substituents is 1. The average molecular weight is 426 g/mol. The van der Waals surface area contributed by atoms with E-state index in [1.807, 2.05) is 13.8 Å². The molecular weight excluding hydrogens is 400 g/mol. The lowest BCUT2D eigenvalue weighted by Crippen LogP contribution is -2.35. The molecule has 1 atom stereocenters. The van der Waals surface area contributed by atoms with Crippen LogP contribution in [0.4, 0.5) is 4.79 Å². The maximum absolute atomic E-state index is 12.5. The van der Waals surface area contributed by atoms with E-state index in [1.54, 1.807) is 48.5 Å². The van der Waals surface area contributed by atoms with Crippen molar-refractivity contribution in [3.63, 3.8) is 0 Å². The number of nitrogens with one attached hydrogen (secondary N) is 2. The van der Waals surface area contributed by atoms with Crippen LogP contribution in [0.3, 0.4) is 0 Å². The Labute approximate surface area is 180 Å². The summed E-state index contributed by atoms with van der Waals surface area (Å²) >= 11 is 0. The lowest BCUT2D eigenvalue weighted by Gasteiger charge is -2.34. The molecule has 0 saturated heterocycles. The van der Waals surface area contributed by atoms with E-state index in [4.69, 9.17) is 9.94 Å². The second-order valence-corrected chi connectivity index (χ2v) is 7.60. The van der Waals surface area contributed by atoms with Crippen molar-refractivity contribution in [1.29, 1.82) is 0 Å². The number of carbonyl (C=O) groups is 3. The molecule has 0 fully saturated rings. The molecule has 0 aliphatic heterocycles. The molecule has 0 spiro atoms. The zero-order valence-electron chi connectivity index (χ0n) is 17.4. The van der Waals surface area contributed by atoms with Gasteiger partial charge >= 0.3 is 6.09 Å². The van der Waals surface area contributed by atoms with Crippen molar-refractivity contribution in [2.75, 3.05) is 0 Å². The van der Waals surface area contributed by atoms with Gasteiger partial charge < -0.3 is 9.84 Å². The summed E-state index contributed by atoms with van der Waals surface area (Å²) in [5, 5.41) is 20.4. The van der Waals surface area contributed by atoms with Crippen molar-refractivity contribution in [2.24, 2.45) is 5.41 Å². The lowest BCUT2D eigenvalue weighted by molar-refractivity contribution is -0.124. The van der Waals surface area contributed by atoms with Gasteiger partial charge in [0.1, 0.15) is 11.9 Å². The third kappa shape index (κ3) is 7.27. The number of hydrogen-bond donors (Lipinski definition) is 4. The van der Waals surface area contributed by atoms with E-state index in [9.17, 15) is 19.5 Å². The highest BCUT2D eigenvalue weighted by Crippen LogP contribution is 2.41. The number of hydroxylamine groups is 1. The van der Waals surface area contributed by atoms with E-state index in [0.29, 0.717) is 24.0 Å². The fourth-order valence-electron chi connectivity index (χ4n) is 3.03. The predicted octanol–water partition coefficient (Wildman–Crippen LogP) is 3.87. The topological polar surface area (TPSA) is 125 Å². The van der Waals surface area contributed by atoms with Gasteiger partial charge in [0.25, 0.3) is 11.8 Å². The van der Waals surface area contributed by atoms with Crippen LogP contribution < -0.4 is 10.8 Å². The van der Waals surface area contributed by atoms with Gasteiger partial charge in [0, 0.05) is 17.1 Å². The number of allylic oxidation sites excluding steroid dienone is 1. The second kappa shape index (κ2) is 10.9. The molecule has 0 saturated carbocycles. The Morgan fingerprint density at radius 3 is 2.32 bits per heavy atom. The fraction of sp³-hybridized carbons (Fsp3) is 0.261. The molecule has 0 aliphatic carbocycles. The predicted molar refractivity (Wildman–Crippen MR) is 113 cm³/mol. The molecule has 2 aromatic rings. The first-order chi connectivity index (χ1) is 14.7. The van der Waals surface area contributed by atoms with Crippen LogP contribution in [-0.4, -0.2) is 28.2 Å². The number of benzene rings is 2. The summed E-state index contributed by atoms with van der Waals surface area (Å²) in [7, 11) is 0. The van der Waals surface area contributed by atoms with Crippen molar-refractivity contribution in [1.82, 2.24) is 10.8 Å². The maximum atomic E-state index is 12.5. The SMILES string of the molecule is CC(C)(CC/C=C/C(=O)NO)[C@H](OC(=O)NC(=O)c1ccccc1)c1ccc(O)cc1. The highest BCUT2D eigenvalue weighted by atomic mass is 16.6. The molecule has 0 aromatic heterocycles. The standard InChI is InChI=1S/C23H26N2O6/c1-23(2,15-7-6-10-19(27)25-30)20(16-11-13-18(26)14-12-16)31-22(29)24-21(28)17-8-4-3-5-9-17/h3-6,8-14,20,26,30H,7,15H2,1-2H3,(H,25,27)(H,24,28,29)/b10-6+/t20-/m1/s1. The van der Waals surface area contributed by atoms with Crippen LogP contribution in [0.1, 0.15) is 48.7 Å². The zero-order chi connectivity index (χ0) is 22.9. The van der Waals surface area contributed by atoms with E-state index in [0.717, 1.165) is 0 Å². The van der Waals surface area contributed by atoms with Crippen molar-refractivity contribution in [3.8, 4) is 5.75 Å². The number of rotatable bonds is 8. The summed E-state index contributed by atoms with van der Waals surface area (Å²) in [6.07, 6.45) is 2.17. The first-order valence-electron chi connectivity index (χ1n) is 9.69. The van der Waals surface area contributed by atoms with E-state index < -0.39 is 29.4 Å². The summed E-state index contributed by atoms with van der Waals surface area (Å²) in [6, 6.07) is 14.6. The number of imide groups is 1. The number of alkyl carbamates (subject to hydrolysis) is 1. The number of aromatic hydroxyl groups is 1. The van der Waals surface area contributed by atoms with E-state index in [2.05, 4.69) is 5.32 Å². The van der Waals surface area contributed by atoms with Crippen molar-refractivity contribution in [3.05, 3.63) is 77.9 Å². The third-order valence-electron chi connectivity index (χ3n) is 4.72. The number of ether oxygens (including phenoxy) is 1. The Hall–Kier alpha value is -3.65. The maximum Gasteiger partial charge on any atom is 0.414 e. The van der Waals surface area contributed by atoms with Crippen molar-refractivity contribution >= 4 is 17.9 Å².